The van der Waals surface area contributed by atoms with Crippen LogP contribution in [-0.4, -0.2) is 24.7 Å². The zero-order valence-corrected chi connectivity index (χ0v) is 14.9. The topological polar surface area (TPSA) is 72.5 Å². The highest BCUT2D eigenvalue weighted by Crippen LogP contribution is 2.30. The van der Waals surface area contributed by atoms with E-state index in [1.807, 2.05) is 35.2 Å². The monoisotopic (exact) mass is 367 g/mol. The first-order valence-corrected chi connectivity index (χ1v) is 9.49. The third-order valence-electron chi connectivity index (χ3n) is 3.92. The van der Waals surface area contributed by atoms with Crippen LogP contribution in [0.3, 0.4) is 0 Å². The van der Waals surface area contributed by atoms with Crippen molar-refractivity contribution >= 4 is 33.8 Å². The number of imidazole rings is 1. The van der Waals surface area contributed by atoms with E-state index in [2.05, 4.69) is 26.5 Å². The van der Waals surface area contributed by atoms with E-state index in [-0.39, 0.29) is 0 Å². The van der Waals surface area contributed by atoms with Gasteiger partial charge in [0.05, 0.1) is 17.6 Å². The van der Waals surface area contributed by atoms with E-state index in [4.69, 9.17) is 9.40 Å². The maximum absolute atomic E-state index is 5.82. The van der Waals surface area contributed by atoms with Gasteiger partial charge in [0.1, 0.15) is 17.0 Å². The Morgan fingerprint density at radius 2 is 2.04 bits per heavy atom. The number of aromatic amines is 1. The number of aryl methyl sites for hydroxylation is 1. The van der Waals surface area contributed by atoms with Gasteiger partial charge in [-0.3, -0.25) is 0 Å². The highest BCUT2D eigenvalue weighted by molar-refractivity contribution is 7.13. The Balaban J connectivity index is 1.54. The first-order chi connectivity index (χ1) is 12.3. The van der Waals surface area contributed by atoms with Gasteiger partial charge >= 0.3 is 0 Å². The van der Waals surface area contributed by atoms with Crippen LogP contribution in [0.1, 0.15) is 10.6 Å². The van der Waals surface area contributed by atoms with Crippen LogP contribution in [0.5, 0.6) is 0 Å². The summed E-state index contributed by atoms with van der Waals surface area (Å²) in [5.74, 6) is 2.08. The highest BCUT2D eigenvalue weighted by Gasteiger charge is 2.18. The maximum atomic E-state index is 5.82. The third kappa shape index (κ3) is 2.50. The molecule has 6 nitrogen and oxygen atoms in total. The molecule has 8 heteroatoms. The molecule has 0 aliphatic carbocycles. The van der Waals surface area contributed by atoms with E-state index < -0.39 is 0 Å². The number of H-pyrrole nitrogens is 1. The van der Waals surface area contributed by atoms with Gasteiger partial charge in [-0.15, -0.1) is 22.7 Å². The van der Waals surface area contributed by atoms with Crippen LogP contribution in [0.25, 0.3) is 33.5 Å². The fraction of sp³-hybridized carbons (Fsp3) is 0.118. The second kappa shape index (κ2) is 5.68. The van der Waals surface area contributed by atoms with Crippen LogP contribution >= 0.6 is 22.7 Å². The van der Waals surface area contributed by atoms with Gasteiger partial charge in [0.2, 0.25) is 5.89 Å². The number of aromatic nitrogens is 5. The lowest BCUT2D eigenvalue weighted by molar-refractivity contribution is 0.544. The number of nitrogens with one attached hydrogen (secondary N) is 1. The van der Waals surface area contributed by atoms with Crippen molar-refractivity contribution in [1.29, 1.82) is 0 Å². The minimum Gasteiger partial charge on any atom is -0.440 e. The summed E-state index contributed by atoms with van der Waals surface area (Å²) in [6.07, 6.45) is 1.80. The molecule has 5 aromatic heterocycles. The lowest BCUT2D eigenvalue weighted by atomic mass is 10.3. The molecule has 0 radical (unpaired) electrons. The summed E-state index contributed by atoms with van der Waals surface area (Å²) in [5, 5.41) is 8.50. The van der Waals surface area contributed by atoms with Crippen molar-refractivity contribution in [1.82, 2.24) is 24.7 Å². The van der Waals surface area contributed by atoms with Crippen molar-refractivity contribution in [3.05, 3.63) is 51.9 Å². The Morgan fingerprint density at radius 3 is 2.84 bits per heavy atom. The standard InChI is InChI=1S/C17H13N5OS2/c1-10-14(20-17(23-10)13-5-3-7-25-13)15-19-12-8-18-22(16(12)21-15)9-11-4-2-6-24-11/h2-8H,9H2,1H3,(H,19,21). The molecular weight excluding hydrogens is 354 g/mol. The minimum atomic E-state index is 0.628. The highest BCUT2D eigenvalue weighted by atomic mass is 32.1. The van der Waals surface area contributed by atoms with E-state index in [1.165, 1.54) is 4.88 Å². The third-order valence-corrected chi connectivity index (χ3v) is 5.64. The van der Waals surface area contributed by atoms with Gasteiger partial charge in [-0.1, -0.05) is 12.1 Å². The molecule has 5 aromatic rings. The van der Waals surface area contributed by atoms with Gasteiger partial charge in [-0.05, 0) is 29.8 Å². The molecule has 0 aliphatic heterocycles. The predicted molar refractivity (Wildman–Crippen MR) is 98.8 cm³/mol. The number of hydrogen-bond acceptors (Lipinski definition) is 6. The molecule has 0 spiro atoms. The number of hydrogen-bond donors (Lipinski definition) is 1. The number of nitrogens with zero attached hydrogens (tertiary/aromatic N) is 4. The molecule has 124 valence electrons. The summed E-state index contributed by atoms with van der Waals surface area (Å²) in [6.45, 7) is 2.62. The average Bonchev–Trinajstić information content (AvgIpc) is 3.38. The van der Waals surface area contributed by atoms with Gasteiger partial charge in [0.25, 0.3) is 0 Å². The number of oxazole rings is 1. The molecule has 0 saturated heterocycles. The number of thiophene rings is 2. The molecular formula is C17H13N5OS2. The Morgan fingerprint density at radius 1 is 1.16 bits per heavy atom. The molecule has 0 amide bonds. The Hall–Kier alpha value is -2.71. The molecule has 0 saturated carbocycles. The van der Waals surface area contributed by atoms with E-state index in [0.29, 0.717) is 18.3 Å². The second-order valence-corrected chi connectivity index (χ2v) is 7.59. The summed E-state index contributed by atoms with van der Waals surface area (Å²) in [5.41, 5.74) is 2.46. The van der Waals surface area contributed by atoms with Crippen LogP contribution in [-0.2, 0) is 6.54 Å². The van der Waals surface area contributed by atoms with Crippen molar-refractivity contribution < 1.29 is 4.42 Å². The van der Waals surface area contributed by atoms with Crippen LogP contribution in [0, 0.1) is 6.92 Å². The summed E-state index contributed by atoms with van der Waals surface area (Å²) >= 11 is 3.32. The molecule has 5 heterocycles. The normalized spacial score (nSPS) is 11.6. The maximum Gasteiger partial charge on any atom is 0.237 e. The van der Waals surface area contributed by atoms with Crippen molar-refractivity contribution in [2.24, 2.45) is 0 Å². The lowest BCUT2D eigenvalue weighted by Crippen LogP contribution is -2.00. The second-order valence-electron chi connectivity index (χ2n) is 5.61. The molecule has 0 aromatic carbocycles. The van der Waals surface area contributed by atoms with Crippen LogP contribution < -0.4 is 0 Å². The Labute approximate surface area is 150 Å². The first kappa shape index (κ1) is 14.6. The van der Waals surface area contributed by atoms with Gasteiger partial charge in [-0.2, -0.15) is 5.10 Å². The molecule has 0 atom stereocenters. The predicted octanol–water partition coefficient (Wildman–Crippen LogP) is 4.56. The van der Waals surface area contributed by atoms with Crippen LogP contribution in [0.2, 0.25) is 0 Å². The smallest absolute Gasteiger partial charge is 0.237 e. The largest absolute Gasteiger partial charge is 0.440 e. The van der Waals surface area contributed by atoms with E-state index in [0.717, 1.165) is 27.5 Å². The summed E-state index contributed by atoms with van der Waals surface area (Å²) in [7, 11) is 0. The fourth-order valence-corrected chi connectivity index (χ4v) is 4.08. The zero-order valence-electron chi connectivity index (χ0n) is 13.3. The van der Waals surface area contributed by atoms with Gasteiger partial charge in [-0.25, -0.2) is 14.6 Å². The molecule has 0 unspecified atom stereocenters. The summed E-state index contributed by atoms with van der Waals surface area (Å²) in [6, 6.07) is 8.12. The SMILES string of the molecule is Cc1oc(-c2cccs2)nc1-c1nc2c(cnn2Cc2cccs2)[nH]1. The Bertz CT molecular complexity index is 1130. The van der Waals surface area contributed by atoms with Crippen molar-refractivity contribution in [3.63, 3.8) is 0 Å². The quantitative estimate of drug-likeness (QED) is 0.505. The van der Waals surface area contributed by atoms with Crippen molar-refractivity contribution in [2.45, 2.75) is 13.5 Å². The van der Waals surface area contributed by atoms with Crippen LogP contribution in [0.15, 0.2) is 45.6 Å². The van der Waals surface area contributed by atoms with Crippen LogP contribution in [0.4, 0.5) is 0 Å². The average molecular weight is 367 g/mol. The summed E-state index contributed by atoms with van der Waals surface area (Å²) < 4.78 is 7.72. The van der Waals surface area contributed by atoms with Gasteiger partial charge in [0, 0.05) is 4.88 Å². The van der Waals surface area contributed by atoms with Crippen molar-refractivity contribution in [2.75, 3.05) is 0 Å². The summed E-state index contributed by atoms with van der Waals surface area (Å²) in [4.78, 5) is 14.9. The molecule has 0 aliphatic rings. The fourth-order valence-electron chi connectivity index (χ4n) is 2.75. The van der Waals surface area contributed by atoms with Gasteiger partial charge in [0.15, 0.2) is 11.5 Å². The molecule has 5 rings (SSSR count). The lowest BCUT2D eigenvalue weighted by Gasteiger charge is -1.98. The number of fused-ring (bicyclic) bond motifs is 1. The van der Waals surface area contributed by atoms with Crippen molar-refractivity contribution in [3.8, 4) is 22.3 Å². The zero-order chi connectivity index (χ0) is 16.8. The van der Waals surface area contributed by atoms with E-state index in [1.54, 1.807) is 28.9 Å². The number of rotatable bonds is 4. The van der Waals surface area contributed by atoms with Gasteiger partial charge < -0.3 is 9.40 Å². The molecule has 25 heavy (non-hydrogen) atoms. The molecule has 0 fully saturated rings. The van der Waals surface area contributed by atoms with E-state index >= 15 is 0 Å². The minimum absolute atomic E-state index is 0.628. The molecule has 0 bridgehead atoms. The first-order valence-electron chi connectivity index (χ1n) is 7.73. The van der Waals surface area contributed by atoms with E-state index in [9.17, 15) is 0 Å². The molecule has 1 N–H and O–H groups in total. The Kier molecular flexibility index (Phi) is 3.32.